The van der Waals surface area contributed by atoms with Crippen molar-refractivity contribution in [2.24, 2.45) is 0 Å². The Hall–Kier alpha value is -0.770. The van der Waals surface area contributed by atoms with E-state index in [1.807, 2.05) is 12.1 Å². The standard InChI is InChI=1S/C16H25ClN2O/c1-2-3-4-8-15(19-11-9-18-10-12-19)13-6-5-7-14(17)16(13)20/h5-7,15,18,20H,2-4,8-12H2,1H3/t15-/m0/s1. The molecule has 1 saturated heterocycles. The predicted octanol–water partition coefficient (Wildman–Crippen LogP) is 3.57. The fraction of sp³-hybridized carbons (Fsp3) is 0.625. The SMILES string of the molecule is CCCCC[C@@H](c1cccc(Cl)c1O)N1CCNCC1. The van der Waals surface area contributed by atoms with Crippen molar-refractivity contribution >= 4 is 11.6 Å². The molecule has 1 aliphatic rings. The highest BCUT2D eigenvalue weighted by Crippen LogP contribution is 2.36. The molecule has 112 valence electrons. The van der Waals surface area contributed by atoms with Crippen molar-refractivity contribution in [2.75, 3.05) is 26.2 Å². The Kier molecular flexibility index (Phi) is 6.14. The maximum Gasteiger partial charge on any atom is 0.138 e. The smallest absolute Gasteiger partial charge is 0.138 e. The number of nitrogens with zero attached hydrogens (tertiary/aromatic N) is 1. The van der Waals surface area contributed by atoms with Crippen LogP contribution in [0.3, 0.4) is 0 Å². The van der Waals surface area contributed by atoms with Gasteiger partial charge in [0, 0.05) is 37.8 Å². The largest absolute Gasteiger partial charge is 0.506 e. The molecule has 0 unspecified atom stereocenters. The lowest BCUT2D eigenvalue weighted by atomic mass is 9.97. The summed E-state index contributed by atoms with van der Waals surface area (Å²) in [5.41, 5.74) is 0.982. The van der Waals surface area contributed by atoms with Crippen LogP contribution in [0.25, 0.3) is 0 Å². The third-order valence-corrected chi connectivity index (χ3v) is 4.36. The topological polar surface area (TPSA) is 35.5 Å². The van der Waals surface area contributed by atoms with Crippen LogP contribution in [0.15, 0.2) is 18.2 Å². The lowest BCUT2D eigenvalue weighted by Crippen LogP contribution is -2.45. The van der Waals surface area contributed by atoms with Gasteiger partial charge < -0.3 is 10.4 Å². The van der Waals surface area contributed by atoms with Crippen LogP contribution in [-0.4, -0.2) is 36.2 Å². The Morgan fingerprint density at radius 2 is 2.05 bits per heavy atom. The molecule has 3 nitrogen and oxygen atoms in total. The Morgan fingerprint density at radius 3 is 2.75 bits per heavy atom. The first-order valence-electron chi connectivity index (χ1n) is 7.66. The lowest BCUT2D eigenvalue weighted by molar-refractivity contribution is 0.160. The molecular formula is C16H25ClN2O. The van der Waals surface area contributed by atoms with Gasteiger partial charge in [-0.15, -0.1) is 0 Å². The molecular weight excluding hydrogens is 272 g/mol. The second-order valence-electron chi connectivity index (χ2n) is 5.48. The molecule has 2 N–H and O–H groups in total. The Balaban J connectivity index is 2.17. The summed E-state index contributed by atoms with van der Waals surface area (Å²) in [6.45, 7) is 6.32. The van der Waals surface area contributed by atoms with E-state index in [0.717, 1.165) is 38.2 Å². The Bertz CT molecular complexity index is 419. The fourth-order valence-electron chi connectivity index (χ4n) is 2.92. The number of hydrogen-bond donors (Lipinski definition) is 2. The molecule has 1 aliphatic heterocycles. The van der Waals surface area contributed by atoms with E-state index in [9.17, 15) is 5.11 Å². The molecule has 2 rings (SSSR count). The molecule has 4 heteroatoms. The summed E-state index contributed by atoms with van der Waals surface area (Å²) in [7, 11) is 0. The molecule has 0 amide bonds. The number of phenolic OH excluding ortho intramolecular Hbond substituents is 1. The molecule has 1 aromatic rings. The van der Waals surface area contributed by atoms with Gasteiger partial charge in [0.15, 0.2) is 0 Å². The number of para-hydroxylation sites is 1. The molecule has 1 atom stereocenters. The number of phenols is 1. The van der Waals surface area contributed by atoms with Gasteiger partial charge in [0.05, 0.1) is 5.02 Å². The third kappa shape index (κ3) is 3.87. The minimum atomic E-state index is 0.259. The Morgan fingerprint density at radius 1 is 1.30 bits per heavy atom. The molecule has 0 aliphatic carbocycles. The van der Waals surface area contributed by atoms with Gasteiger partial charge in [-0.05, 0) is 12.5 Å². The van der Waals surface area contributed by atoms with Crippen LogP contribution in [0.5, 0.6) is 5.75 Å². The predicted molar refractivity (Wildman–Crippen MR) is 84.4 cm³/mol. The summed E-state index contributed by atoms with van der Waals surface area (Å²) >= 11 is 6.08. The minimum Gasteiger partial charge on any atom is -0.506 e. The number of benzene rings is 1. The zero-order valence-electron chi connectivity index (χ0n) is 12.2. The normalized spacial score (nSPS) is 18.1. The monoisotopic (exact) mass is 296 g/mol. The molecule has 0 aromatic heterocycles. The van der Waals surface area contributed by atoms with Crippen molar-refractivity contribution in [3.8, 4) is 5.75 Å². The van der Waals surface area contributed by atoms with Crippen molar-refractivity contribution < 1.29 is 5.11 Å². The summed E-state index contributed by atoms with van der Waals surface area (Å²) in [5, 5.41) is 14.1. The summed E-state index contributed by atoms with van der Waals surface area (Å²) in [6.07, 6.45) is 4.73. The van der Waals surface area contributed by atoms with Crippen LogP contribution < -0.4 is 5.32 Å². The second-order valence-corrected chi connectivity index (χ2v) is 5.88. The van der Waals surface area contributed by atoms with E-state index in [2.05, 4.69) is 17.1 Å². The molecule has 0 bridgehead atoms. The average molecular weight is 297 g/mol. The third-order valence-electron chi connectivity index (χ3n) is 4.05. The van der Waals surface area contributed by atoms with Gasteiger partial charge in [-0.25, -0.2) is 0 Å². The van der Waals surface area contributed by atoms with Crippen molar-refractivity contribution in [3.05, 3.63) is 28.8 Å². The highest BCUT2D eigenvalue weighted by molar-refractivity contribution is 6.32. The average Bonchev–Trinajstić information content (AvgIpc) is 2.48. The zero-order valence-corrected chi connectivity index (χ0v) is 13.0. The first kappa shape index (κ1) is 15.6. The van der Waals surface area contributed by atoms with Crippen LogP contribution in [-0.2, 0) is 0 Å². The highest BCUT2D eigenvalue weighted by atomic mass is 35.5. The number of piperazine rings is 1. The number of rotatable bonds is 6. The summed E-state index contributed by atoms with van der Waals surface area (Å²) < 4.78 is 0. The van der Waals surface area contributed by atoms with E-state index in [4.69, 9.17) is 11.6 Å². The number of aromatic hydroxyl groups is 1. The van der Waals surface area contributed by atoms with E-state index >= 15 is 0 Å². The van der Waals surface area contributed by atoms with Crippen LogP contribution in [0.4, 0.5) is 0 Å². The van der Waals surface area contributed by atoms with Crippen LogP contribution in [0, 0.1) is 0 Å². The van der Waals surface area contributed by atoms with Crippen molar-refractivity contribution in [2.45, 2.75) is 38.6 Å². The fourth-order valence-corrected chi connectivity index (χ4v) is 3.10. The molecule has 1 aromatic carbocycles. The van der Waals surface area contributed by atoms with Crippen LogP contribution >= 0.6 is 11.6 Å². The maximum atomic E-state index is 10.3. The van der Waals surface area contributed by atoms with E-state index in [1.165, 1.54) is 19.3 Å². The molecule has 1 fully saturated rings. The van der Waals surface area contributed by atoms with E-state index in [-0.39, 0.29) is 11.8 Å². The van der Waals surface area contributed by atoms with Crippen LogP contribution in [0.2, 0.25) is 5.02 Å². The van der Waals surface area contributed by atoms with Crippen molar-refractivity contribution in [1.82, 2.24) is 10.2 Å². The number of halogens is 1. The summed E-state index contributed by atoms with van der Waals surface area (Å²) in [6, 6.07) is 5.98. The first-order valence-corrected chi connectivity index (χ1v) is 8.04. The van der Waals surface area contributed by atoms with Gasteiger partial charge in [0.25, 0.3) is 0 Å². The summed E-state index contributed by atoms with van der Waals surface area (Å²) in [4.78, 5) is 2.47. The number of nitrogens with one attached hydrogen (secondary N) is 1. The second kappa shape index (κ2) is 7.87. The number of hydrogen-bond acceptors (Lipinski definition) is 3. The van der Waals surface area contributed by atoms with E-state index in [0.29, 0.717) is 5.02 Å². The minimum absolute atomic E-state index is 0.259. The molecule has 0 spiro atoms. The molecule has 0 radical (unpaired) electrons. The lowest BCUT2D eigenvalue weighted by Gasteiger charge is -2.35. The molecule has 20 heavy (non-hydrogen) atoms. The van der Waals surface area contributed by atoms with Gasteiger partial charge in [-0.3, -0.25) is 4.90 Å². The molecule has 0 saturated carbocycles. The first-order chi connectivity index (χ1) is 9.74. The Labute approximate surface area is 126 Å². The van der Waals surface area contributed by atoms with Gasteiger partial charge in [0.1, 0.15) is 5.75 Å². The van der Waals surface area contributed by atoms with Gasteiger partial charge >= 0.3 is 0 Å². The quantitative estimate of drug-likeness (QED) is 0.788. The van der Waals surface area contributed by atoms with Gasteiger partial charge in [0.2, 0.25) is 0 Å². The zero-order chi connectivity index (χ0) is 14.4. The summed E-state index contributed by atoms with van der Waals surface area (Å²) in [5.74, 6) is 0.259. The van der Waals surface area contributed by atoms with Crippen molar-refractivity contribution in [3.63, 3.8) is 0 Å². The molecule has 1 heterocycles. The van der Waals surface area contributed by atoms with Crippen LogP contribution in [0.1, 0.15) is 44.2 Å². The van der Waals surface area contributed by atoms with Gasteiger partial charge in [-0.1, -0.05) is 49.9 Å². The van der Waals surface area contributed by atoms with E-state index in [1.54, 1.807) is 6.07 Å². The van der Waals surface area contributed by atoms with Gasteiger partial charge in [-0.2, -0.15) is 0 Å². The maximum absolute atomic E-state index is 10.3. The number of unbranched alkanes of at least 4 members (excludes halogenated alkanes) is 2. The van der Waals surface area contributed by atoms with E-state index < -0.39 is 0 Å². The van der Waals surface area contributed by atoms with Crippen molar-refractivity contribution in [1.29, 1.82) is 0 Å². The highest BCUT2D eigenvalue weighted by Gasteiger charge is 2.24.